The van der Waals surface area contributed by atoms with Gasteiger partial charge in [0.25, 0.3) is 0 Å². The van der Waals surface area contributed by atoms with E-state index in [4.69, 9.17) is 15.2 Å². The van der Waals surface area contributed by atoms with Crippen LogP contribution in [0.3, 0.4) is 0 Å². The summed E-state index contributed by atoms with van der Waals surface area (Å²) in [4.78, 5) is 8.99. The maximum atomic E-state index is 6.11. The molecule has 20 heavy (non-hydrogen) atoms. The summed E-state index contributed by atoms with van der Waals surface area (Å²) in [7, 11) is 1.63. The number of ether oxygens (including phenoxy) is 2. The quantitative estimate of drug-likeness (QED) is 0.777. The Balaban J connectivity index is 2.24. The van der Waals surface area contributed by atoms with Gasteiger partial charge < -0.3 is 20.5 Å². The van der Waals surface area contributed by atoms with E-state index < -0.39 is 0 Å². The summed E-state index contributed by atoms with van der Waals surface area (Å²) in [6, 6.07) is 0. The van der Waals surface area contributed by atoms with Gasteiger partial charge in [-0.1, -0.05) is 0 Å². The van der Waals surface area contributed by atoms with Crippen molar-refractivity contribution in [3.05, 3.63) is 5.82 Å². The van der Waals surface area contributed by atoms with Crippen LogP contribution in [0.2, 0.25) is 0 Å². The van der Waals surface area contributed by atoms with Gasteiger partial charge in [0.2, 0.25) is 5.88 Å². The molecule has 0 atom stereocenters. The molecular formula is C14H24N4O2. The van der Waals surface area contributed by atoms with Crippen LogP contribution in [0.15, 0.2) is 0 Å². The average molecular weight is 280 g/mol. The normalized spacial score (nSPS) is 15.2. The predicted molar refractivity (Wildman–Crippen MR) is 79.2 cm³/mol. The molecule has 2 rings (SSSR count). The molecule has 0 aromatic carbocycles. The van der Waals surface area contributed by atoms with Crippen LogP contribution >= 0.6 is 0 Å². The van der Waals surface area contributed by atoms with Gasteiger partial charge in [0, 0.05) is 18.6 Å². The number of nitrogens with zero attached hydrogens (tertiary/aromatic N) is 2. The van der Waals surface area contributed by atoms with E-state index in [0.29, 0.717) is 36.5 Å². The molecule has 6 nitrogen and oxygen atoms in total. The largest absolute Gasteiger partial charge is 0.474 e. The molecule has 1 aliphatic rings. The Hall–Kier alpha value is -1.56. The van der Waals surface area contributed by atoms with Crippen LogP contribution in [0.4, 0.5) is 11.5 Å². The van der Waals surface area contributed by atoms with Crippen LogP contribution in [0.25, 0.3) is 0 Å². The smallest absolute Gasteiger partial charge is 0.242 e. The minimum absolute atomic E-state index is 0.118. The van der Waals surface area contributed by atoms with E-state index >= 15 is 0 Å². The summed E-state index contributed by atoms with van der Waals surface area (Å²) in [6.07, 6.45) is 2.27. The molecule has 1 aromatic rings. The molecule has 112 valence electrons. The Morgan fingerprint density at radius 2 is 1.95 bits per heavy atom. The Morgan fingerprint density at radius 1 is 1.25 bits per heavy atom. The molecule has 0 bridgehead atoms. The van der Waals surface area contributed by atoms with Crippen LogP contribution in [-0.4, -0.2) is 35.8 Å². The van der Waals surface area contributed by atoms with Gasteiger partial charge in [-0.15, -0.1) is 0 Å². The first kappa shape index (κ1) is 14.8. The number of nitrogens with two attached hydrogens (primary N) is 1. The van der Waals surface area contributed by atoms with E-state index in [-0.39, 0.29) is 5.54 Å². The lowest BCUT2D eigenvalue weighted by Gasteiger charge is -2.23. The monoisotopic (exact) mass is 280 g/mol. The third-order valence-electron chi connectivity index (χ3n) is 2.89. The van der Waals surface area contributed by atoms with Gasteiger partial charge >= 0.3 is 0 Å². The van der Waals surface area contributed by atoms with Crippen molar-refractivity contribution in [2.45, 2.75) is 45.1 Å². The third kappa shape index (κ3) is 3.96. The van der Waals surface area contributed by atoms with Gasteiger partial charge in [0.1, 0.15) is 18.1 Å². The minimum atomic E-state index is -0.118. The molecule has 0 radical (unpaired) electrons. The highest BCUT2D eigenvalue weighted by Gasteiger charge is 2.29. The average Bonchev–Trinajstić information content (AvgIpc) is 3.16. The van der Waals surface area contributed by atoms with Gasteiger partial charge in [-0.3, -0.25) is 0 Å². The number of hydrogen-bond donors (Lipinski definition) is 2. The molecule has 3 N–H and O–H groups in total. The molecule has 0 spiro atoms. The van der Waals surface area contributed by atoms with Crippen molar-refractivity contribution >= 4 is 11.5 Å². The SMILES string of the molecule is COCCOc1nc(C2CC2)nc(NC(C)(C)C)c1N. The Bertz CT molecular complexity index is 467. The van der Waals surface area contributed by atoms with Crippen LogP contribution in [0.5, 0.6) is 5.88 Å². The van der Waals surface area contributed by atoms with Gasteiger partial charge in [-0.2, -0.15) is 4.98 Å². The third-order valence-corrected chi connectivity index (χ3v) is 2.89. The molecule has 1 saturated carbocycles. The summed E-state index contributed by atoms with van der Waals surface area (Å²) in [5.74, 6) is 2.37. The van der Waals surface area contributed by atoms with Crippen molar-refractivity contribution in [1.82, 2.24) is 9.97 Å². The fraction of sp³-hybridized carbons (Fsp3) is 0.714. The zero-order valence-electron chi connectivity index (χ0n) is 12.7. The molecule has 1 aliphatic carbocycles. The molecular weight excluding hydrogens is 256 g/mol. The summed E-state index contributed by atoms with van der Waals surface area (Å²) < 4.78 is 10.6. The van der Waals surface area contributed by atoms with E-state index in [9.17, 15) is 0 Å². The number of methoxy groups -OCH3 is 1. The van der Waals surface area contributed by atoms with Crippen LogP contribution in [0.1, 0.15) is 45.4 Å². The van der Waals surface area contributed by atoms with Gasteiger partial charge in [-0.25, -0.2) is 4.98 Å². The number of aromatic nitrogens is 2. The summed E-state index contributed by atoms with van der Waals surface area (Å²) in [5, 5.41) is 3.32. The Labute approximate surface area is 120 Å². The molecule has 0 unspecified atom stereocenters. The van der Waals surface area contributed by atoms with E-state index in [1.165, 1.54) is 0 Å². The van der Waals surface area contributed by atoms with Gasteiger partial charge in [0.15, 0.2) is 5.82 Å². The van der Waals surface area contributed by atoms with E-state index in [2.05, 4.69) is 36.1 Å². The zero-order valence-corrected chi connectivity index (χ0v) is 12.7. The maximum absolute atomic E-state index is 6.11. The fourth-order valence-electron chi connectivity index (χ4n) is 1.77. The molecule has 6 heteroatoms. The standard InChI is InChI=1S/C14H24N4O2/c1-14(2,3)18-12-10(15)13(20-8-7-19-4)17-11(16-12)9-5-6-9/h9H,5-8,15H2,1-4H3,(H,16,17,18). The number of hydrogen-bond acceptors (Lipinski definition) is 6. The van der Waals surface area contributed by atoms with Crippen LogP contribution in [-0.2, 0) is 4.74 Å². The van der Waals surface area contributed by atoms with Crippen molar-refractivity contribution < 1.29 is 9.47 Å². The van der Waals surface area contributed by atoms with Crippen molar-refractivity contribution in [1.29, 1.82) is 0 Å². The van der Waals surface area contributed by atoms with Gasteiger partial charge in [-0.05, 0) is 33.6 Å². The van der Waals surface area contributed by atoms with E-state index in [0.717, 1.165) is 18.7 Å². The predicted octanol–water partition coefficient (Wildman–Crippen LogP) is 2.17. The van der Waals surface area contributed by atoms with Crippen LogP contribution in [0, 0.1) is 0 Å². The van der Waals surface area contributed by atoms with Crippen molar-refractivity contribution in [2.24, 2.45) is 0 Å². The Kier molecular flexibility index (Phi) is 4.32. The van der Waals surface area contributed by atoms with Gasteiger partial charge in [0.05, 0.1) is 6.61 Å². The number of nitrogens with one attached hydrogen (secondary N) is 1. The van der Waals surface area contributed by atoms with E-state index in [1.54, 1.807) is 7.11 Å². The Morgan fingerprint density at radius 3 is 2.50 bits per heavy atom. The molecule has 0 aliphatic heterocycles. The highest BCUT2D eigenvalue weighted by atomic mass is 16.5. The zero-order chi connectivity index (χ0) is 14.8. The molecule has 1 aromatic heterocycles. The fourth-order valence-corrected chi connectivity index (χ4v) is 1.77. The molecule has 0 saturated heterocycles. The van der Waals surface area contributed by atoms with Crippen LogP contribution < -0.4 is 15.8 Å². The lowest BCUT2D eigenvalue weighted by atomic mass is 10.1. The second-order valence-corrected chi connectivity index (χ2v) is 6.14. The van der Waals surface area contributed by atoms with Crippen molar-refractivity contribution in [3.63, 3.8) is 0 Å². The van der Waals surface area contributed by atoms with E-state index in [1.807, 2.05) is 0 Å². The summed E-state index contributed by atoms with van der Waals surface area (Å²) in [6.45, 7) is 7.13. The maximum Gasteiger partial charge on any atom is 0.242 e. The molecule has 0 amide bonds. The first-order valence-electron chi connectivity index (χ1n) is 6.98. The number of anilines is 2. The van der Waals surface area contributed by atoms with Crippen molar-refractivity contribution in [3.8, 4) is 5.88 Å². The lowest BCUT2D eigenvalue weighted by Crippen LogP contribution is -2.28. The summed E-state index contributed by atoms with van der Waals surface area (Å²) >= 11 is 0. The lowest BCUT2D eigenvalue weighted by molar-refractivity contribution is 0.144. The second-order valence-electron chi connectivity index (χ2n) is 6.14. The molecule has 1 fully saturated rings. The second kappa shape index (κ2) is 5.83. The summed E-state index contributed by atoms with van der Waals surface area (Å²) in [5.41, 5.74) is 6.45. The first-order chi connectivity index (χ1) is 9.40. The first-order valence-corrected chi connectivity index (χ1v) is 6.98. The number of nitrogen functional groups attached to an aromatic ring is 1. The topological polar surface area (TPSA) is 82.3 Å². The number of rotatable bonds is 6. The highest BCUT2D eigenvalue weighted by molar-refractivity contribution is 5.67. The minimum Gasteiger partial charge on any atom is -0.474 e. The van der Waals surface area contributed by atoms with Crippen molar-refractivity contribution in [2.75, 3.05) is 31.4 Å². The highest BCUT2D eigenvalue weighted by Crippen LogP contribution is 2.41. The molecule has 1 heterocycles.